The summed E-state index contributed by atoms with van der Waals surface area (Å²) in [7, 11) is 0. The van der Waals surface area contributed by atoms with Crippen LogP contribution >= 0.6 is 11.3 Å². The Balaban J connectivity index is 1.30. The first-order valence-corrected chi connectivity index (χ1v) is 11.3. The summed E-state index contributed by atoms with van der Waals surface area (Å²) in [6, 6.07) is 15.1. The number of benzene rings is 2. The smallest absolute Gasteiger partial charge is 0.340 e. The molecule has 6 nitrogen and oxygen atoms in total. The fraction of sp³-hybridized carbons (Fsp3) is 0.200. The zero-order chi connectivity index (χ0) is 23.0. The van der Waals surface area contributed by atoms with Crippen LogP contribution < -0.4 is 14.8 Å². The second-order valence-electron chi connectivity index (χ2n) is 7.24. The number of amides is 1. The fourth-order valence-electron chi connectivity index (χ4n) is 3.24. The number of nitrogens with one attached hydrogen (secondary N) is 1. The molecule has 1 aromatic heterocycles. The molecule has 0 saturated heterocycles. The minimum atomic E-state index is -0.622. The molecule has 0 saturated carbocycles. The molecule has 0 aliphatic carbocycles. The predicted molar refractivity (Wildman–Crippen MR) is 124 cm³/mol. The molecule has 4 rings (SSSR count). The molecule has 33 heavy (non-hydrogen) atoms. The van der Waals surface area contributed by atoms with E-state index in [0.717, 1.165) is 11.3 Å². The number of halogens is 1. The Morgan fingerprint density at radius 3 is 2.61 bits per heavy atom. The van der Waals surface area contributed by atoms with Gasteiger partial charge in [0.15, 0.2) is 18.1 Å². The highest BCUT2D eigenvalue weighted by Crippen LogP contribution is 2.30. The summed E-state index contributed by atoms with van der Waals surface area (Å²) in [6.45, 7) is 1.04. The van der Waals surface area contributed by atoms with E-state index in [1.165, 1.54) is 23.5 Å². The van der Waals surface area contributed by atoms with Gasteiger partial charge in [-0.25, -0.2) is 9.18 Å². The van der Waals surface area contributed by atoms with Gasteiger partial charge in [0.2, 0.25) is 0 Å². The Morgan fingerprint density at radius 1 is 1.06 bits per heavy atom. The molecule has 1 aliphatic rings. The van der Waals surface area contributed by atoms with Crippen LogP contribution in [-0.2, 0) is 20.7 Å². The molecular formula is C25H22FNO5S. The van der Waals surface area contributed by atoms with Gasteiger partial charge in [0.1, 0.15) is 19.0 Å². The van der Waals surface area contributed by atoms with Crippen LogP contribution in [0.25, 0.3) is 11.6 Å². The largest absolute Gasteiger partial charge is 0.486 e. The number of hydrogen-bond acceptors (Lipinski definition) is 6. The van der Waals surface area contributed by atoms with E-state index in [0.29, 0.717) is 47.9 Å². The Labute approximate surface area is 194 Å². The molecule has 3 aromatic rings. The molecule has 1 amide bonds. The SMILES string of the molecule is O=C(COC(=O)/C(=C/c1ccc(F)cc1)c1cccs1)NCCc1ccc2c(c1)OCCO2. The van der Waals surface area contributed by atoms with Crippen LogP contribution in [0.5, 0.6) is 11.5 Å². The zero-order valence-corrected chi connectivity index (χ0v) is 18.5. The molecule has 0 fully saturated rings. The summed E-state index contributed by atoms with van der Waals surface area (Å²) in [4.78, 5) is 25.6. The van der Waals surface area contributed by atoms with Gasteiger partial charge < -0.3 is 19.5 Å². The number of esters is 1. The van der Waals surface area contributed by atoms with E-state index in [1.807, 2.05) is 29.6 Å². The number of fused-ring (bicyclic) bond motifs is 1. The summed E-state index contributed by atoms with van der Waals surface area (Å²) in [5, 5.41) is 4.59. The summed E-state index contributed by atoms with van der Waals surface area (Å²) in [5.74, 6) is 0.0431. The van der Waals surface area contributed by atoms with Crippen molar-refractivity contribution in [3.8, 4) is 11.5 Å². The Kier molecular flexibility index (Phi) is 7.36. The van der Waals surface area contributed by atoms with Gasteiger partial charge >= 0.3 is 5.97 Å². The summed E-state index contributed by atoms with van der Waals surface area (Å²) >= 11 is 1.37. The summed E-state index contributed by atoms with van der Waals surface area (Å²) in [5.41, 5.74) is 1.96. The van der Waals surface area contributed by atoms with Crippen LogP contribution in [0.1, 0.15) is 16.0 Å². The topological polar surface area (TPSA) is 73.9 Å². The van der Waals surface area contributed by atoms with Crippen molar-refractivity contribution in [2.24, 2.45) is 0 Å². The van der Waals surface area contributed by atoms with Gasteiger partial charge in [0.05, 0.1) is 5.57 Å². The molecule has 2 heterocycles. The van der Waals surface area contributed by atoms with Crippen molar-refractivity contribution in [1.29, 1.82) is 0 Å². The summed E-state index contributed by atoms with van der Waals surface area (Å²) < 4.78 is 29.5. The minimum absolute atomic E-state index is 0.306. The number of hydrogen-bond donors (Lipinski definition) is 1. The number of rotatable bonds is 8. The molecule has 0 unspecified atom stereocenters. The van der Waals surface area contributed by atoms with Crippen molar-refractivity contribution >= 4 is 34.9 Å². The first-order chi connectivity index (χ1) is 16.1. The van der Waals surface area contributed by atoms with Crippen LogP contribution in [-0.4, -0.2) is 38.2 Å². The minimum Gasteiger partial charge on any atom is -0.486 e. The second kappa shape index (κ2) is 10.8. The van der Waals surface area contributed by atoms with Gasteiger partial charge in [-0.2, -0.15) is 0 Å². The number of thiophene rings is 1. The average molecular weight is 468 g/mol. The van der Waals surface area contributed by atoms with E-state index in [9.17, 15) is 14.0 Å². The third-order valence-corrected chi connectivity index (χ3v) is 5.77. The lowest BCUT2D eigenvalue weighted by molar-refractivity contribution is -0.142. The molecule has 0 radical (unpaired) electrons. The highest BCUT2D eigenvalue weighted by molar-refractivity contribution is 7.11. The molecule has 1 aliphatic heterocycles. The van der Waals surface area contributed by atoms with Crippen molar-refractivity contribution in [2.75, 3.05) is 26.4 Å². The van der Waals surface area contributed by atoms with E-state index in [2.05, 4.69) is 5.32 Å². The van der Waals surface area contributed by atoms with Gasteiger partial charge in [-0.15, -0.1) is 11.3 Å². The van der Waals surface area contributed by atoms with Crippen LogP contribution in [0.4, 0.5) is 4.39 Å². The number of carbonyl (C=O) groups is 2. The van der Waals surface area contributed by atoms with Crippen molar-refractivity contribution in [3.05, 3.63) is 81.8 Å². The normalized spacial score (nSPS) is 12.8. The van der Waals surface area contributed by atoms with Gasteiger partial charge in [-0.3, -0.25) is 4.79 Å². The number of ether oxygens (including phenoxy) is 3. The van der Waals surface area contributed by atoms with Crippen LogP contribution in [0.2, 0.25) is 0 Å². The third kappa shape index (κ3) is 6.20. The van der Waals surface area contributed by atoms with Gasteiger partial charge in [-0.1, -0.05) is 24.3 Å². The van der Waals surface area contributed by atoms with E-state index >= 15 is 0 Å². The lowest BCUT2D eigenvalue weighted by Gasteiger charge is -2.18. The maximum atomic E-state index is 13.2. The van der Waals surface area contributed by atoms with Crippen molar-refractivity contribution in [1.82, 2.24) is 5.32 Å². The van der Waals surface area contributed by atoms with E-state index in [1.54, 1.807) is 24.3 Å². The standard InChI is InChI=1S/C25H22FNO5S/c26-19-6-3-17(4-7-19)14-20(23-2-1-13-33-23)25(29)32-16-24(28)27-10-9-18-5-8-21-22(15-18)31-12-11-30-21/h1-8,13-15H,9-12,16H2,(H,27,28)/b20-14+. The maximum absolute atomic E-state index is 13.2. The molecule has 8 heteroatoms. The second-order valence-corrected chi connectivity index (χ2v) is 8.19. The monoisotopic (exact) mass is 467 g/mol. The lowest BCUT2D eigenvalue weighted by atomic mass is 10.1. The van der Waals surface area contributed by atoms with Crippen LogP contribution in [0.15, 0.2) is 60.0 Å². The molecule has 0 spiro atoms. The van der Waals surface area contributed by atoms with Crippen LogP contribution in [0.3, 0.4) is 0 Å². The highest BCUT2D eigenvalue weighted by atomic mass is 32.1. The fourth-order valence-corrected chi connectivity index (χ4v) is 3.97. The van der Waals surface area contributed by atoms with Gasteiger partial charge in [-0.05, 0) is 59.3 Å². The van der Waals surface area contributed by atoms with Crippen molar-refractivity contribution in [3.63, 3.8) is 0 Å². The van der Waals surface area contributed by atoms with E-state index in [4.69, 9.17) is 14.2 Å². The van der Waals surface area contributed by atoms with Crippen LogP contribution in [0, 0.1) is 5.82 Å². The van der Waals surface area contributed by atoms with Crippen molar-refractivity contribution in [2.45, 2.75) is 6.42 Å². The third-order valence-electron chi connectivity index (χ3n) is 4.86. The highest BCUT2D eigenvalue weighted by Gasteiger charge is 2.17. The number of carbonyl (C=O) groups excluding carboxylic acids is 2. The molecule has 0 atom stereocenters. The Hall–Kier alpha value is -3.65. The lowest BCUT2D eigenvalue weighted by Crippen LogP contribution is -2.30. The quantitative estimate of drug-likeness (QED) is 0.399. The average Bonchev–Trinajstić information content (AvgIpc) is 3.37. The Morgan fingerprint density at radius 2 is 1.85 bits per heavy atom. The maximum Gasteiger partial charge on any atom is 0.340 e. The molecule has 170 valence electrons. The Bertz CT molecular complexity index is 1140. The molecule has 1 N–H and O–H groups in total. The van der Waals surface area contributed by atoms with Crippen molar-refractivity contribution < 1.29 is 28.2 Å². The predicted octanol–water partition coefficient (Wildman–Crippen LogP) is 4.10. The van der Waals surface area contributed by atoms with Gasteiger partial charge in [0, 0.05) is 11.4 Å². The summed E-state index contributed by atoms with van der Waals surface area (Å²) in [6.07, 6.45) is 2.22. The molecular weight excluding hydrogens is 445 g/mol. The van der Waals surface area contributed by atoms with Gasteiger partial charge in [0.25, 0.3) is 5.91 Å². The zero-order valence-electron chi connectivity index (χ0n) is 17.7. The first kappa shape index (κ1) is 22.5. The molecule has 2 aromatic carbocycles. The molecule has 0 bridgehead atoms. The van der Waals surface area contributed by atoms with E-state index < -0.39 is 18.5 Å². The van der Waals surface area contributed by atoms with E-state index in [-0.39, 0.29) is 5.82 Å². The first-order valence-electron chi connectivity index (χ1n) is 10.4.